The van der Waals surface area contributed by atoms with Crippen LogP contribution in [0.3, 0.4) is 0 Å². The fourth-order valence-electron chi connectivity index (χ4n) is 2.77. The van der Waals surface area contributed by atoms with E-state index in [1.807, 2.05) is 0 Å². The van der Waals surface area contributed by atoms with Crippen LogP contribution >= 0.6 is 0 Å². The maximum absolute atomic E-state index is 13.0. The molecule has 0 radical (unpaired) electrons. The monoisotopic (exact) mass is 327 g/mol. The minimum atomic E-state index is -1.16. The predicted molar refractivity (Wildman–Crippen MR) is 88.1 cm³/mol. The molecule has 0 saturated heterocycles. The van der Waals surface area contributed by atoms with Crippen LogP contribution in [-0.4, -0.2) is 31.2 Å². The largest absolute Gasteiger partial charge is 0.384 e. The second-order valence-electron chi connectivity index (χ2n) is 6.41. The predicted octanol–water partition coefficient (Wildman–Crippen LogP) is 2.62. The van der Waals surface area contributed by atoms with Crippen molar-refractivity contribution >= 4 is 17.0 Å². The van der Waals surface area contributed by atoms with Crippen molar-refractivity contribution in [1.29, 1.82) is 0 Å². The molecule has 0 spiro atoms. The zero-order valence-electron chi connectivity index (χ0n) is 13.3. The molecule has 0 amide bonds. The first-order valence-corrected chi connectivity index (χ1v) is 7.94. The highest BCUT2D eigenvalue weighted by atomic mass is 19.1. The van der Waals surface area contributed by atoms with E-state index in [1.165, 1.54) is 18.5 Å². The van der Waals surface area contributed by atoms with E-state index in [-0.39, 0.29) is 12.4 Å². The SMILES string of the molecule is CC(O)(CNc1ncnc2c1ncn2C1CC1)c1ccc(F)cc1. The summed E-state index contributed by atoms with van der Waals surface area (Å²) in [7, 11) is 0. The third kappa shape index (κ3) is 2.71. The molecular formula is C17H18FN5O. The van der Waals surface area contributed by atoms with Crippen LogP contribution in [0.25, 0.3) is 11.2 Å². The van der Waals surface area contributed by atoms with Crippen molar-refractivity contribution in [3.8, 4) is 0 Å². The smallest absolute Gasteiger partial charge is 0.165 e. The van der Waals surface area contributed by atoms with Gasteiger partial charge in [-0.3, -0.25) is 0 Å². The van der Waals surface area contributed by atoms with E-state index in [0.717, 1.165) is 18.5 Å². The molecule has 124 valence electrons. The van der Waals surface area contributed by atoms with Gasteiger partial charge in [0.15, 0.2) is 11.5 Å². The van der Waals surface area contributed by atoms with Crippen LogP contribution < -0.4 is 5.32 Å². The molecule has 1 aliphatic carbocycles. The van der Waals surface area contributed by atoms with Crippen molar-refractivity contribution in [1.82, 2.24) is 19.5 Å². The summed E-state index contributed by atoms with van der Waals surface area (Å²) in [6.07, 6.45) is 5.59. The summed E-state index contributed by atoms with van der Waals surface area (Å²) in [5.74, 6) is 0.257. The molecule has 3 aromatic rings. The molecule has 2 aromatic heterocycles. The molecule has 1 aromatic carbocycles. The highest BCUT2D eigenvalue weighted by Crippen LogP contribution is 2.37. The quantitative estimate of drug-likeness (QED) is 0.753. The average molecular weight is 327 g/mol. The van der Waals surface area contributed by atoms with Crippen molar-refractivity contribution in [2.45, 2.75) is 31.4 Å². The molecular weight excluding hydrogens is 309 g/mol. The minimum Gasteiger partial charge on any atom is -0.384 e. The van der Waals surface area contributed by atoms with Gasteiger partial charge in [-0.25, -0.2) is 19.3 Å². The number of aromatic nitrogens is 4. The van der Waals surface area contributed by atoms with Crippen molar-refractivity contribution < 1.29 is 9.50 Å². The molecule has 1 saturated carbocycles. The Morgan fingerprint density at radius 2 is 2.00 bits per heavy atom. The van der Waals surface area contributed by atoms with E-state index in [2.05, 4.69) is 24.8 Å². The lowest BCUT2D eigenvalue weighted by Crippen LogP contribution is -2.31. The molecule has 24 heavy (non-hydrogen) atoms. The summed E-state index contributed by atoms with van der Waals surface area (Å²) in [4.78, 5) is 13.0. The van der Waals surface area contributed by atoms with Crippen LogP contribution in [0.5, 0.6) is 0 Å². The van der Waals surface area contributed by atoms with Gasteiger partial charge in [-0.05, 0) is 37.5 Å². The topological polar surface area (TPSA) is 75.9 Å². The zero-order valence-corrected chi connectivity index (χ0v) is 13.3. The van der Waals surface area contributed by atoms with E-state index < -0.39 is 5.60 Å². The maximum atomic E-state index is 13.0. The van der Waals surface area contributed by atoms with Gasteiger partial charge in [0.25, 0.3) is 0 Å². The van der Waals surface area contributed by atoms with Gasteiger partial charge >= 0.3 is 0 Å². The summed E-state index contributed by atoms with van der Waals surface area (Å²) >= 11 is 0. The van der Waals surface area contributed by atoms with Crippen molar-refractivity contribution in [3.05, 3.63) is 48.3 Å². The van der Waals surface area contributed by atoms with E-state index in [9.17, 15) is 9.50 Å². The molecule has 1 fully saturated rings. The van der Waals surface area contributed by atoms with Crippen LogP contribution in [0.4, 0.5) is 10.2 Å². The van der Waals surface area contributed by atoms with Gasteiger partial charge in [0, 0.05) is 12.6 Å². The van der Waals surface area contributed by atoms with Gasteiger partial charge < -0.3 is 15.0 Å². The van der Waals surface area contributed by atoms with Crippen LogP contribution in [0.15, 0.2) is 36.9 Å². The number of aliphatic hydroxyl groups is 1. The Bertz CT molecular complexity index is 870. The first-order valence-electron chi connectivity index (χ1n) is 7.94. The lowest BCUT2D eigenvalue weighted by molar-refractivity contribution is 0.0714. The summed E-state index contributed by atoms with van der Waals surface area (Å²) in [5, 5.41) is 13.8. The number of fused-ring (bicyclic) bond motifs is 1. The maximum Gasteiger partial charge on any atom is 0.165 e. The van der Waals surface area contributed by atoms with Gasteiger partial charge in [0.1, 0.15) is 23.3 Å². The number of anilines is 1. The molecule has 1 aliphatic rings. The fraction of sp³-hybridized carbons (Fsp3) is 0.353. The van der Waals surface area contributed by atoms with Gasteiger partial charge in [-0.2, -0.15) is 0 Å². The highest BCUT2D eigenvalue weighted by Gasteiger charge is 2.27. The van der Waals surface area contributed by atoms with Crippen LogP contribution in [-0.2, 0) is 5.60 Å². The van der Waals surface area contributed by atoms with E-state index >= 15 is 0 Å². The van der Waals surface area contributed by atoms with Gasteiger partial charge in [-0.15, -0.1) is 0 Å². The Balaban J connectivity index is 1.57. The second-order valence-corrected chi connectivity index (χ2v) is 6.41. The fourth-order valence-corrected chi connectivity index (χ4v) is 2.77. The third-order valence-corrected chi connectivity index (χ3v) is 4.37. The molecule has 4 rings (SSSR count). The summed E-state index contributed by atoms with van der Waals surface area (Å²) in [6, 6.07) is 6.32. The summed E-state index contributed by atoms with van der Waals surface area (Å²) in [6.45, 7) is 1.90. The molecule has 1 unspecified atom stereocenters. The Morgan fingerprint density at radius 1 is 1.25 bits per heavy atom. The number of imidazole rings is 1. The van der Waals surface area contributed by atoms with E-state index in [0.29, 0.717) is 22.9 Å². The number of hydrogen-bond acceptors (Lipinski definition) is 5. The Morgan fingerprint density at radius 3 is 2.71 bits per heavy atom. The van der Waals surface area contributed by atoms with Crippen LogP contribution in [0.1, 0.15) is 31.4 Å². The van der Waals surface area contributed by atoms with Crippen molar-refractivity contribution in [2.75, 3.05) is 11.9 Å². The first-order chi connectivity index (χ1) is 11.5. The van der Waals surface area contributed by atoms with Gasteiger partial charge in [-0.1, -0.05) is 12.1 Å². The van der Waals surface area contributed by atoms with Crippen molar-refractivity contribution in [3.63, 3.8) is 0 Å². The number of halogens is 1. The molecule has 1 atom stereocenters. The van der Waals surface area contributed by atoms with E-state index in [4.69, 9.17) is 0 Å². The minimum absolute atomic E-state index is 0.223. The average Bonchev–Trinajstić information content (AvgIpc) is 3.32. The number of hydrogen-bond donors (Lipinski definition) is 2. The number of nitrogens with zero attached hydrogens (tertiary/aromatic N) is 4. The lowest BCUT2D eigenvalue weighted by atomic mass is 9.96. The third-order valence-electron chi connectivity index (χ3n) is 4.37. The first kappa shape index (κ1) is 15.0. The summed E-state index contributed by atoms with van der Waals surface area (Å²) < 4.78 is 15.1. The molecule has 0 aliphatic heterocycles. The molecule has 0 bridgehead atoms. The second kappa shape index (κ2) is 5.52. The molecule has 2 heterocycles. The Labute approximate surface area is 138 Å². The summed E-state index contributed by atoms with van der Waals surface area (Å²) in [5.41, 5.74) is 0.963. The zero-order chi connectivity index (χ0) is 16.7. The molecule has 7 heteroatoms. The van der Waals surface area contributed by atoms with Crippen molar-refractivity contribution in [2.24, 2.45) is 0 Å². The molecule has 6 nitrogen and oxygen atoms in total. The normalized spacial score (nSPS) is 17.0. The van der Waals surface area contributed by atoms with Crippen LogP contribution in [0.2, 0.25) is 0 Å². The Hall–Kier alpha value is -2.54. The highest BCUT2D eigenvalue weighted by molar-refractivity contribution is 5.82. The standard InChI is InChI=1S/C17H18FN5O/c1-17(24,11-2-4-12(18)5-3-11)8-19-15-14-16(21-9-20-15)23(10-22-14)13-6-7-13/h2-5,9-10,13,24H,6-8H2,1H3,(H,19,20,21). The van der Waals surface area contributed by atoms with Crippen LogP contribution in [0, 0.1) is 5.82 Å². The number of nitrogens with one attached hydrogen (secondary N) is 1. The lowest BCUT2D eigenvalue weighted by Gasteiger charge is -2.24. The van der Waals surface area contributed by atoms with Gasteiger partial charge in [0.05, 0.1) is 6.33 Å². The number of benzene rings is 1. The number of rotatable bonds is 5. The van der Waals surface area contributed by atoms with Gasteiger partial charge in [0.2, 0.25) is 0 Å². The molecule has 2 N–H and O–H groups in total. The van der Waals surface area contributed by atoms with E-state index in [1.54, 1.807) is 25.4 Å². The Kier molecular flexibility index (Phi) is 3.45.